The molecule has 1 atom stereocenters. The lowest BCUT2D eigenvalue weighted by molar-refractivity contribution is -0.152. The second kappa shape index (κ2) is 16.2. The zero-order valence-electron chi connectivity index (χ0n) is 28.7. The number of fused-ring (bicyclic) bond motifs is 1. The predicted molar refractivity (Wildman–Crippen MR) is 192 cm³/mol. The van der Waals surface area contributed by atoms with Gasteiger partial charge in [0.05, 0.1) is 45.4 Å². The highest BCUT2D eigenvalue weighted by atomic mass is 32.2. The van der Waals surface area contributed by atoms with E-state index in [1.165, 1.54) is 11.8 Å². The van der Waals surface area contributed by atoms with E-state index in [0.717, 1.165) is 59.0 Å². The lowest BCUT2D eigenvalue weighted by Gasteiger charge is -2.38. The molecule has 4 aromatic carbocycles. The van der Waals surface area contributed by atoms with Crippen molar-refractivity contribution in [1.29, 1.82) is 0 Å². The molecule has 1 fully saturated rings. The van der Waals surface area contributed by atoms with Crippen molar-refractivity contribution in [3.05, 3.63) is 78.9 Å². The van der Waals surface area contributed by atoms with Crippen molar-refractivity contribution in [3.8, 4) is 28.7 Å². The third kappa shape index (κ3) is 8.79. The van der Waals surface area contributed by atoms with Gasteiger partial charge in [0.1, 0.15) is 41.5 Å². The van der Waals surface area contributed by atoms with Crippen LogP contribution in [0, 0.1) is 0 Å². The number of thioether (sulfide) groups is 1. The fourth-order valence-electron chi connectivity index (χ4n) is 5.94. The van der Waals surface area contributed by atoms with Gasteiger partial charge in [-0.15, -0.1) is 11.8 Å². The van der Waals surface area contributed by atoms with Crippen LogP contribution in [0.5, 0.6) is 28.7 Å². The van der Waals surface area contributed by atoms with Gasteiger partial charge in [-0.25, -0.2) is 0 Å². The first-order chi connectivity index (χ1) is 23.2. The second-order valence-corrected chi connectivity index (χ2v) is 14.0. The number of carbonyl (C=O) groups excluding carboxylic acids is 1. The molecule has 0 spiro atoms. The normalized spacial score (nSPS) is 14.3. The molecular formula is C38H46N2O7S. The highest BCUT2D eigenvalue weighted by molar-refractivity contribution is 8.00. The number of hydrogen-bond donors (Lipinski definition) is 0. The number of ether oxygens (including phenoxy) is 6. The molecule has 0 aromatic heterocycles. The molecule has 1 aliphatic rings. The third-order valence-corrected chi connectivity index (χ3v) is 9.65. The SMILES string of the molecule is COc1cc(OC)c(SC(C)(C)CC(=O)OC(COc2cccc3ccccc23)CN2CCN(c3ccccc3OC)CC2)c(OC)c1. The number of carbonyl (C=O) groups is 1. The molecule has 1 aliphatic heterocycles. The predicted octanol–water partition coefficient (Wildman–Crippen LogP) is 6.95. The van der Waals surface area contributed by atoms with E-state index in [0.29, 0.717) is 23.8 Å². The first-order valence-electron chi connectivity index (χ1n) is 16.1. The number of anilines is 1. The van der Waals surface area contributed by atoms with Crippen molar-refractivity contribution in [2.75, 3.05) is 72.7 Å². The fourth-order valence-corrected chi connectivity index (χ4v) is 7.17. The van der Waals surface area contributed by atoms with Crippen LogP contribution in [0.25, 0.3) is 10.8 Å². The molecule has 1 unspecified atom stereocenters. The minimum atomic E-state index is -0.534. The molecule has 1 saturated heterocycles. The fraction of sp³-hybridized carbons (Fsp3) is 0.395. The van der Waals surface area contributed by atoms with Crippen LogP contribution in [0.2, 0.25) is 0 Å². The second-order valence-electron chi connectivity index (χ2n) is 12.3. The minimum Gasteiger partial charge on any atom is -0.496 e. The minimum absolute atomic E-state index is 0.169. The number of esters is 1. The molecule has 0 bridgehead atoms. The average Bonchev–Trinajstić information content (AvgIpc) is 3.10. The molecule has 1 heterocycles. The average molecular weight is 675 g/mol. The van der Waals surface area contributed by atoms with E-state index >= 15 is 0 Å². The third-order valence-electron chi connectivity index (χ3n) is 8.35. The Bertz CT molecular complexity index is 1640. The zero-order valence-corrected chi connectivity index (χ0v) is 29.5. The van der Waals surface area contributed by atoms with Gasteiger partial charge in [0.25, 0.3) is 0 Å². The van der Waals surface area contributed by atoms with Gasteiger partial charge in [-0.3, -0.25) is 9.69 Å². The molecule has 48 heavy (non-hydrogen) atoms. The van der Waals surface area contributed by atoms with Crippen LogP contribution in [-0.2, 0) is 9.53 Å². The molecule has 0 aliphatic carbocycles. The molecule has 256 valence electrons. The molecule has 0 radical (unpaired) electrons. The van der Waals surface area contributed by atoms with E-state index < -0.39 is 10.9 Å². The molecule has 10 heteroatoms. The number of para-hydroxylation sites is 2. The van der Waals surface area contributed by atoms with Crippen LogP contribution in [0.3, 0.4) is 0 Å². The number of nitrogens with zero attached hydrogens (tertiary/aromatic N) is 2. The smallest absolute Gasteiger partial charge is 0.307 e. The Morgan fingerprint density at radius 1 is 0.771 bits per heavy atom. The van der Waals surface area contributed by atoms with Gasteiger partial charge in [-0.1, -0.05) is 48.5 Å². The van der Waals surface area contributed by atoms with E-state index in [4.69, 9.17) is 28.4 Å². The van der Waals surface area contributed by atoms with E-state index in [2.05, 4.69) is 28.0 Å². The summed E-state index contributed by atoms with van der Waals surface area (Å²) in [6.07, 6.45) is -0.303. The number of hydrogen-bond acceptors (Lipinski definition) is 10. The van der Waals surface area contributed by atoms with Gasteiger partial charge >= 0.3 is 5.97 Å². The van der Waals surface area contributed by atoms with Crippen molar-refractivity contribution >= 4 is 34.2 Å². The molecule has 0 N–H and O–H groups in total. The van der Waals surface area contributed by atoms with E-state index in [1.807, 2.05) is 74.5 Å². The Balaban J connectivity index is 1.28. The Labute approximate surface area is 288 Å². The van der Waals surface area contributed by atoms with Crippen molar-refractivity contribution in [2.24, 2.45) is 0 Å². The molecule has 0 amide bonds. The van der Waals surface area contributed by atoms with Gasteiger partial charge in [0, 0.05) is 55.0 Å². The van der Waals surface area contributed by atoms with Gasteiger partial charge in [0.15, 0.2) is 0 Å². The molecule has 4 aromatic rings. The van der Waals surface area contributed by atoms with Crippen LogP contribution in [-0.4, -0.2) is 89.5 Å². The standard InChI is InChI=1S/C38H46N2O7S/c1-38(2,48-37-34(44-5)22-28(42-3)23-35(37)45-6)24-36(41)47-29(26-46-32-17-11-13-27-12-7-8-14-30(27)32)25-39-18-20-40(21-19-39)31-15-9-10-16-33(31)43-4/h7-17,22-23,29H,18-21,24-26H2,1-6H3. The van der Waals surface area contributed by atoms with Crippen LogP contribution >= 0.6 is 11.8 Å². The summed E-state index contributed by atoms with van der Waals surface area (Å²) in [7, 11) is 6.52. The van der Waals surface area contributed by atoms with Gasteiger partial charge in [0.2, 0.25) is 0 Å². The maximum Gasteiger partial charge on any atom is 0.307 e. The highest BCUT2D eigenvalue weighted by Gasteiger charge is 2.31. The maximum absolute atomic E-state index is 13.6. The Morgan fingerprint density at radius 2 is 1.40 bits per heavy atom. The summed E-state index contributed by atoms with van der Waals surface area (Å²) in [6.45, 7) is 8.13. The highest BCUT2D eigenvalue weighted by Crippen LogP contribution is 2.47. The van der Waals surface area contributed by atoms with Crippen LogP contribution in [0.15, 0.2) is 83.8 Å². The number of benzene rings is 4. The van der Waals surface area contributed by atoms with Gasteiger partial charge < -0.3 is 33.3 Å². The summed E-state index contributed by atoms with van der Waals surface area (Å²) in [5, 5.41) is 2.12. The molecular weight excluding hydrogens is 628 g/mol. The lowest BCUT2D eigenvalue weighted by Crippen LogP contribution is -2.50. The van der Waals surface area contributed by atoms with E-state index in [1.54, 1.807) is 28.4 Å². The first kappa shape index (κ1) is 35.0. The van der Waals surface area contributed by atoms with Crippen LogP contribution < -0.4 is 28.6 Å². The summed E-state index contributed by atoms with van der Waals surface area (Å²) >= 11 is 1.51. The summed E-state index contributed by atoms with van der Waals surface area (Å²) in [5.41, 5.74) is 1.09. The Kier molecular flexibility index (Phi) is 11.8. The maximum atomic E-state index is 13.6. The van der Waals surface area contributed by atoms with Crippen LogP contribution in [0.4, 0.5) is 5.69 Å². The lowest BCUT2D eigenvalue weighted by atomic mass is 10.1. The van der Waals surface area contributed by atoms with E-state index in [-0.39, 0.29) is 19.0 Å². The zero-order chi connectivity index (χ0) is 34.1. The van der Waals surface area contributed by atoms with E-state index in [9.17, 15) is 4.79 Å². The summed E-state index contributed by atoms with van der Waals surface area (Å²) in [5.74, 6) is 3.20. The Morgan fingerprint density at radius 3 is 2.08 bits per heavy atom. The largest absolute Gasteiger partial charge is 0.496 e. The van der Waals surface area contributed by atoms with Crippen molar-refractivity contribution in [1.82, 2.24) is 4.90 Å². The quantitative estimate of drug-likeness (QED) is 0.0977. The van der Waals surface area contributed by atoms with Crippen molar-refractivity contribution in [3.63, 3.8) is 0 Å². The first-order valence-corrected chi connectivity index (χ1v) is 16.9. The Hall–Kier alpha value is -4.28. The van der Waals surface area contributed by atoms with Gasteiger partial charge in [-0.2, -0.15) is 0 Å². The van der Waals surface area contributed by atoms with Crippen molar-refractivity contribution < 1.29 is 33.2 Å². The summed E-state index contributed by atoms with van der Waals surface area (Å²) < 4.78 is 34.4. The number of methoxy groups -OCH3 is 4. The number of rotatable bonds is 15. The molecule has 0 saturated carbocycles. The van der Waals surface area contributed by atoms with Gasteiger partial charge in [-0.05, 0) is 37.4 Å². The number of piperazine rings is 1. The summed E-state index contributed by atoms with van der Waals surface area (Å²) in [6, 6.07) is 25.9. The molecule has 5 rings (SSSR count). The van der Waals surface area contributed by atoms with Crippen LogP contribution in [0.1, 0.15) is 20.3 Å². The summed E-state index contributed by atoms with van der Waals surface area (Å²) in [4.78, 5) is 19.1. The monoisotopic (exact) mass is 674 g/mol. The molecule has 9 nitrogen and oxygen atoms in total. The topological polar surface area (TPSA) is 78.9 Å². The van der Waals surface area contributed by atoms with Crippen molar-refractivity contribution in [2.45, 2.75) is 36.0 Å².